The quantitative estimate of drug-likeness (QED) is 0.0289. The Morgan fingerprint density at radius 1 is 0.540 bits per heavy atom. The van der Waals surface area contributed by atoms with Crippen LogP contribution in [0.5, 0.6) is 23.0 Å². The van der Waals surface area contributed by atoms with Gasteiger partial charge in [0.2, 0.25) is 0 Å². The van der Waals surface area contributed by atoms with E-state index in [0.717, 1.165) is 154 Å². The molecule has 1 saturated carbocycles. The molecule has 4 aromatic heterocycles. The first-order valence-electron chi connectivity index (χ1n) is 42.0. The van der Waals surface area contributed by atoms with Crippen molar-refractivity contribution in [2.45, 2.75) is 112 Å². The maximum absolute atomic E-state index is 13.9. The zero-order valence-electron chi connectivity index (χ0n) is 68.3. The van der Waals surface area contributed by atoms with Crippen LogP contribution in [-0.2, 0) is 56.6 Å². The number of ether oxygens (including phenoxy) is 7. The number of nitrogens with one attached hydrogen (secondary N) is 4. The lowest BCUT2D eigenvalue weighted by atomic mass is 9.59. The van der Waals surface area contributed by atoms with Gasteiger partial charge in [0.15, 0.2) is 0 Å². The molecule has 0 bridgehead atoms. The monoisotopic (exact) mass is 1760 g/mol. The van der Waals surface area contributed by atoms with Crippen molar-refractivity contribution in [2.75, 3.05) is 110 Å². The third-order valence-electron chi connectivity index (χ3n) is 25.2. The van der Waals surface area contributed by atoms with Crippen LogP contribution in [0, 0.1) is 31.1 Å². The summed E-state index contributed by atoms with van der Waals surface area (Å²) in [5.74, 6) is -0.949. The van der Waals surface area contributed by atoms with Crippen molar-refractivity contribution in [1.29, 1.82) is 0 Å². The maximum Gasteiger partial charge on any atom is 0.273 e. The zero-order chi connectivity index (χ0) is 85.7. The number of H-pyrrole nitrogens is 2. The average molecular weight is 1760 g/mol. The van der Waals surface area contributed by atoms with E-state index in [1.54, 1.807) is 60.9 Å². The Labute approximate surface area is 727 Å². The van der Waals surface area contributed by atoms with Crippen LogP contribution in [0.15, 0.2) is 197 Å². The van der Waals surface area contributed by atoms with Crippen molar-refractivity contribution in [3.63, 3.8) is 0 Å². The van der Waals surface area contributed by atoms with Gasteiger partial charge in [0.1, 0.15) is 34.3 Å². The van der Waals surface area contributed by atoms with E-state index >= 15 is 0 Å². The average Bonchev–Trinajstić information content (AvgIpc) is 0.973. The molecule has 4 saturated heterocycles. The van der Waals surface area contributed by atoms with Gasteiger partial charge in [-0.25, -0.2) is 36.2 Å². The number of carbonyl (C=O) groups is 2. The van der Waals surface area contributed by atoms with Gasteiger partial charge in [0.25, 0.3) is 43.2 Å². The summed E-state index contributed by atoms with van der Waals surface area (Å²) in [6.45, 7) is 10.7. The highest BCUT2D eigenvalue weighted by molar-refractivity contribution is 7.90. The van der Waals surface area contributed by atoms with Crippen molar-refractivity contribution in [2.24, 2.45) is 10.8 Å². The Bertz CT molecular complexity index is 6030. The molecule has 4 N–H and O–H groups in total. The minimum absolute atomic E-state index is 0.0332. The normalized spacial score (nSPS) is 19.3. The van der Waals surface area contributed by atoms with E-state index in [9.17, 15) is 46.7 Å². The number of piperazine rings is 1. The number of benzene rings is 6. The van der Waals surface area contributed by atoms with Crippen LogP contribution in [0.4, 0.5) is 17.1 Å². The summed E-state index contributed by atoms with van der Waals surface area (Å²) in [4.78, 5) is 72.1. The van der Waals surface area contributed by atoms with Crippen LogP contribution in [0.1, 0.15) is 126 Å². The van der Waals surface area contributed by atoms with Gasteiger partial charge in [-0.1, -0.05) is 89.3 Å². The van der Waals surface area contributed by atoms with Crippen LogP contribution in [0.25, 0.3) is 38.8 Å². The fourth-order valence-electron chi connectivity index (χ4n) is 18.0. The predicted molar refractivity (Wildman–Crippen MR) is 470 cm³/mol. The zero-order valence-corrected chi connectivity index (χ0v) is 71.4. The fourth-order valence-corrected chi connectivity index (χ4v) is 20.2. The number of hydrogen-bond donors (Lipinski definition) is 4. The Balaban J connectivity index is 0.000000176. The predicted octanol–water partition coefficient (Wildman–Crippen LogP) is 16.4. The van der Waals surface area contributed by atoms with Gasteiger partial charge in [0, 0.05) is 126 Å². The van der Waals surface area contributed by atoms with E-state index in [2.05, 4.69) is 74.4 Å². The van der Waals surface area contributed by atoms with Crippen molar-refractivity contribution in [1.82, 2.24) is 39.2 Å². The third kappa shape index (κ3) is 19.8. The van der Waals surface area contributed by atoms with Crippen LogP contribution in [0.3, 0.4) is 0 Å². The van der Waals surface area contributed by atoms with E-state index in [-0.39, 0.29) is 64.5 Å². The smallest absolute Gasteiger partial charge is 0.273 e. The number of aromatic nitrogens is 4. The van der Waals surface area contributed by atoms with Crippen molar-refractivity contribution in [3.05, 3.63) is 257 Å². The number of anilines is 1. The number of pyridine rings is 2. The van der Waals surface area contributed by atoms with E-state index in [0.29, 0.717) is 91.8 Å². The Kier molecular flexibility index (Phi) is 25.6. The van der Waals surface area contributed by atoms with Gasteiger partial charge < -0.3 is 48.0 Å². The Hall–Kier alpha value is -10.7. The first kappa shape index (κ1) is 85.4. The number of amides is 2. The summed E-state index contributed by atoms with van der Waals surface area (Å²) >= 11 is 12.5. The number of halogens is 2. The lowest BCUT2D eigenvalue weighted by Gasteiger charge is -2.47. The summed E-state index contributed by atoms with van der Waals surface area (Å²) in [7, 11) is -9.11. The molecule has 124 heavy (non-hydrogen) atoms. The lowest BCUT2D eigenvalue weighted by Crippen LogP contribution is -2.47. The molecule has 0 radical (unpaired) electrons. The molecule has 2 atom stereocenters. The highest BCUT2D eigenvalue weighted by Gasteiger charge is 2.44. The molecule has 2 amide bonds. The van der Waals surface area contributed by atoms with E-state index in [1.165, 1.54) is 95.8 Å². The van der Waals surface area contributed by atoms with Crippen LogP contribution < -0.4 is 23.8 Å². The standard InChI is InChI=1S/C46H49ClN6O8S.C46H46ClN5O9S/c47-35-6-2-31(3-7-35)41-27-46(14-1-15-46)16-12-34(41)29-51-18-20-52(21-19-51)36-8-11-40(43(25-36)61-38-24-33-13-17-48-44(33)49-28-38)45(54)50-62(57,58)39-10-5-32(42(26-39)53(55)56)4-9-37-30-59-22-23-60-37;47-36-6-1-31(2-7-36)41-24-46(28-59-29-46)15-11-35(41)26-51-17-13-30(14-18-51)33-5-10-40(43(22-33)61-38-21-34-12-16-48-44(34)49-25-38)45(53)50-62(56,57)39-9-4-32(42(23-39)52(54)55)3-8-37-27-58-19-20-60-37/h2-3,5-8,10-11,13,17,24-26,28,37H,1,4,9,12,14-16,18-23,27,29-30H2,(H,48,49)(H,50,54);1-2,4-7,9-10,12-13,16,21-23,25,37H,3,8,11,14-15,17-20,24,26-29H2,(H,48,49)(H,50,53)/t2*37-/m01/s1. The third-order valence-corrected chi connectivity index (χ3v) is 28.3. The number of nitro benzene ring substituents is 2. The molecule has 6 aromatic carbocycles. The number of sulfonamides is 2. The number of carbonyl (C=O) groups excluding carboxylic acids is 2. The van der Waals surface area contributed by atoms with Gasteiger partial charge in [-0.05, 0) is 207 Å². The Morgan fingerprint density at radius 3 is 1.52 bits per heavy atom. The molecule has 9 heterocycles. The molecule has 28 nitrogen and oxygen atoms in total. The molecule has 18 rings (SSSR count). The number of aromatic amines is 2. The molecule has 5 aliphatic heterocycles. The van der Waals surface area contributed by atoms with Gasteiger partial charge in [-0.2, -0.15) is 0 Å². The van der Waals surface area contributed by atoms with Crippen LogP contribution >= 0.6 is 23.2 Å². The summed E-state index contributed by atoms with van der Waals surface area (Å²) in [5.41, 5.74) is 12.9. The molecule has 646 valence electrons. The van der Waals surface area contributed by atoms with Gasteiger partial charge >= 0.3 is 0 Å². The van der Waals surface area contributed by atoms with Crippen LogP contribution in [0.2, 0.25) is 10.0 Å². The number of nitrogens with zero attached hydrogens (tertiary/aromatic N) is 7. The molecule has 5 fully saturated rings. The summed E-state index contributed by atoms with van der Waals surface area (Å²) in [6, 6.07) is 41.1. The number of rotatable bonds is 26. The van der Waals surface area contributed by atoms with Gasteiger partial charge in [0.05, 0.1) is 108 Å². The lowest BCUT2D eigenvalue weighted by molar-refractivity contribution is -0.385. The summed E-state index contributed by atoms with van der Waals surface area (Å²) in [6.07, 6.45) is 21.1. The first-order valence-corrected chi connectivity index (χ1v) is 45.7. The van der Waals surface area contributed by atoms with Gasteiger partial charge in [-0.15, -0.1) is 0 Å². The van der Waals surface area contributed by atoms with Crippen molar-refractivity contribution < 1.29 is 69.4 Å². The molecule has 3 aliphatic carbocycles. The molecule has 0 unspecified atom stereocenters. The fraction of sp³-hybridized carbons (Fsp3) is 0.370. The highest BCUT2D eigenvalue weighted by Crippen LogP contribution is 2.55. The molecule has 32 heteroatoms. The van der Waals surface area contributed by atoms with Gasteiger partial charge in [-0.3, -0.25) is 39.6 Å². The van der Waals surface area contributed by atoms with Crippen molar-refractivity contribution in [3.8, 4) is 23.0 Å². The second kappa shape index (κ2) is 37.2. The SMILES string of the molecule is O=C(NS(=O)(=O)c1ccc(CC[C@@H]2COCCO2)c([N+](=O)[O-])c1)c1ccc(C2=CCN(CC3=C(c4ccc(Cl)cc4)CC4(CC3)COC4)CC2)cc1Oc1cnc2[nH]ccc2c1.O=C(NS(=O)(=O)c1ccc(CC[C@H]2COCCO2)c([N+](=O)[O-])c1)c1ccc(N2CCN(CC3=C(c4ccc(Cl)cc4)CC4(CCC4)CC3)CC2)cc1Oc1cnc2[nH]ccc2c1. The van der Waals surface area contributed by atoms with E-state index in [1.807, 2.05) is 36.4 Å². The van der Waals surface area contributed by atoms with E-state index in [4.69, 9.17) is 56.4 Å². The molecular weight excluding hydrogens is 1670 g/mol. The van der Waals surface area contributed by atoms with E-state index < -0.39 is 51.5 Å². The maximum atomic E-state index is 13.9. The Morgan fingerprint density at radius 2 is 1.04 bits per heavy atom. The molecule has 10 aromatic rings. The number of allylic oxidation sites excluding steroid dienone is 2. The number of fused-ring (bicyclic) bond motifs is 2. The molecule has 8 aliphatic rings. The molecule has 2 spiro atoms. The van der Waals surface area contributed by atoms with Crippen LogP contribution in [-0.4, -0.2) is 186 Å². The minimum Gasteiger partial charge on any atom is -0.455 e. The highest BCUT2D eigenvalue weighted by atomic mass is 35.5. The topological polar surface area (TPSA) is 344 Å². The second-order valence-corrected chi connectivity index (χ2v) is 37.5. The molecular formula is C92H95Cl2N11O17S2. The minimum atomic E-state index is -4.56. The van der Waals surface area contributed by atoms with Crippen molar-refractivity contribution >= 4 is 111 Å². The second-order valence-electron chi connectivity index (χ2n) is 33.3. The number of aryl methyl sites for hydroxylation is 2. The summed E-state index contributed by atoms with van der Waals surface area (Å²) < 4.78 is 99.4. The summed E-state index contributed by atoms with van der Waals surface area (Å²) in [5, 5.41) is 27.2. The largest absolute Gasteiger partial charge is 0.455 e. The number of hydrogen-bond acceptors (Lipinski definition) is 22. The number of nitro groups is 2. The first-order chi connectivity index (χ1) is 60.0.